The van der Waals surface area contributed by atoms with Crippen LogP contribution in [0.4, 0.5) is 0 Å². The van der Waals surface area contributed by atoms with Gasteiger partial charge in [0.05, 0.1) is 6.61 Å². The van der Waals surface area contributed by atoms with Crippen molar-refractivity contribution in [2.75, 3.05) is 6.61 Å². The fraction of sp³-hybridized carbons (Fsp3) is 0.929. The maximum atomic E-state index is 13.6. The lowest BCUT2D eigenvalue weighted by Crippen LogP contribution is -2.69. The van der Waals surface area contributed by atoms with E-state index < -0.39 is 35.2 Å². The summed E-state index contributed by atoms with van der Waals surface area (Å²) in [6.45, 7) is 5.49. The largest absolute Gasteiger partial charge is 0.393 e. The topological polar surface area (TPSA) is 112 Å². The summed E-state index contributed by atoms with van der Waals surface area (Å²) in [4.78, 5) is 40.6. The van der Waals surface area contributed by atoms with E-state index in [1.54, 1.807) is 0 Å². The van der Waals surface area contributed by atoms with Gasteiger partial charge in [-0.3, -0.25) is 14.4 Å². The van der Waals surface area contributed by atoms with E-state index in [0.29, 0.717) is 19.3 Å². The normalized spacial score (nSPS) is 13.1. The van der Waals surface area contributed by atoms with Gasteiger partial charge in [0.15, 0.2) is 23.0 Å². The number of aliphatic hydroxyl groups is 3. The zero-order valence-corrected chi connectivity index (χ0v) is 32.1. The summed E-state index contributed by atoms with van der Waals surface area (Å²) >= 11 is 0. The maximum absolute atomic E-state index is 13.6. The Hall–Kier alpha value is -1.11. The van der Waals surface area contributed by atoms with E-state index in [9.17, 15) is 29.7 Å². The molecule has 0 aliphatic rings. The second kappa shape index (κ2) is 31.8. The summed E-state index contributed by atoms with van der Waals surface area (Å²) in [7, 11) is 0. The van der Waals surface area contributed by atoms with Crippen LogP contribution in [0, 0.1) is 0 Å². The standard InChI is InChI=1S/C42H80O6/c1-4-7-10-13-16-19-22-25-28-31-34-38(44)41(47,37-43)42(48,39(45)35-32-29-26-23-20-17-14-11-8-5-2)40(46)36-33-30-27-24-21-18-15-12-9-6-3/h43,47-48H,4-37H2,1-3H3. The molecule has 3 N–H and O–H groups in total. The van der Waals surface area contributed by atoms with Crippen LogP contribution in [-0.4, -0.2) is 50.5 Å². The Morgan fingerprint density at radius 2 is 0.562 bits per heavy atom. The average molecular weight is 681 g/mol. The van der Waals surface area contributed by atoms with Crippen molar-refractivity contribution in [3.8, 4) is 0 Å². The molecule has 1 unspecified atom stereocenters. The van der Waals surface area contributed by atoms with Crippen molar-refractivity contribution in [2.24, 2.45) is 0 Å². The van der Waals surface area contributed by atoms with Crippen molar-refractivity contribution >= 4 is 17.3 Å². The van der Waals surface area contributed by atoms with Gasteiger partial charge in [-0.25, -0.2) is 0 Å². The van der Waals surface area contributed by atoms with E-state index in [-0.39, 0.29) is 19.3 Å². The predicted molar refractivity (Wildman–Crippen MR) is 201 cm³/mol. The second-order valence-corrected chi connectivity index (χ2v) is 14.8. The molecule has 0 saturated heterocycles. The quantitative estimate of drug-likeness (QED) is 0.0442. The van der Waals surface area contributed by atoms with E-state index in [0.717, 1.165) is 70.6 Å². The van der Waals surface area contributed by atoms with Crippen molar-refractivity contribution in [2.45, 2.75) is 244 Å². The number of hydrogen-bond donors (Lipinski definition) is 3. The lowest BCUT2D eigenvalue weighted by molar-refractivity contribution is -0.194. The third-order valence-electron chi connectivity index (χ3n) is 10.4. The van der Waals surface area contributed by atoms with Gasteiger partial charge >= 0.3 is 0 Å². The number of carbonyl (C=O) groups is 3. The van der Waals surface area contributed by atoms with Crippen LogP contribution >= 0.6 is 0 Å². The van der Waals surface area contributed by atoms with Gasteiger partial charge in [0.2, 0.25) is 5.60 Å². The molecule has 48 heavy (non-hydrogen) atoms. The molecule has 0 saturated carbocycles. The Morgan fingerprint density at radius 1 is 0.354 bits per heavy atom. The van der Waals surface area contributed by atoms with Crippen molar-refractivity contribution < 1.29 is 29.7 Å². The van der Waals surface area contributed by atoms with Crippen molar-refractivity contribution in [3.63, 3.8) is 0 Å². The highest BCUT2D eigenvalue weighted by Gasteiger charge is 2.62. The van der Waals surface area contributed by atoms with Crippen LogP contribution < -0.4 is 0 Å². The Labute approximate surface area is 297 Å². The third-order valence-corrected chi connectivity index (χ3v) is 10.4. The number of rotatable bonds is 38. The second-order valence-electron chi connectivity index (χ2n) is 14.8. The smallest absolute Gasteiger partial charge is 0.219 e. The van der Waals surface area contributed by atoms with Crippen molar-refractivity contribution in [1.82, 2.24) is 0 Å². The molecule has 0 aliphatic heterocycles. The molecule has 0 aromatic heterocycles. The van der Waals surface area contributed by atoms with Gasteiger partial charge in [0, 0.05) is 19.3 Å². The fourth-order valence-corrected chi connectivity index (χ4v) is 6.91. The molecule has 284 valence electrons. The molecule has 0 heterocycles. The molecule has 6 nitrogen and oxygen atoms in total. The van der Waals surface area contributed by atoms with Crippen LogP contribution in [-0.2, 0) is 14.4 Å². The van der Waals surface area contributed by atoms with Crippen LogP contribution in [0.25, 0.3) is 0 Å². The van der Waals surface area contributed by atoms with Crippen LogP contribution in [0.3, 0.4) is 0 Å². The molecular formula is C42H80O6. The van der Waals surface area contributed by atoms with Crippen LogP contribution in [0.15, 0.2) is 0 Å². The van der Waals surface area contributed by atoms with E-state index in [2.05, 4.69) is 20.8 Å². The van der Waals surface area contributed by atoms with E-state index in [1.807, 2.05) is 0 Å². The summed E-state index contributed by atoms with van der Waals surface area (Å²) in [5.41, 5.74) is -5.71. The molecule has 0 spiro atoms. The molecule has 0 aliphatic carbocycles. The average Bonchev–Trinajstić information content (AvgIpc) is 3.09. The first-order chi connectivity index (χ1) is 23.3. The van der Waals surface area contributed by atoms with Crippen LogP contribution in [0.2, 0.25) is 0 Å². The lowest BCUT2D eigenvalue weighted by Gasteiger charge is -2.39. The SMILES string of the molecule is CCCCCCCCCCCCC(=O)C(O)(CO)C(O)(C(=O)CCCCCCCCCCCC)C(=O)CCCCCCCCCCCC. The molecule has 0 amide bonds. The number of carbonyl (C=O) groups excluding carboxylic acids is 3. The summed E-state index contributed by atoms with van der Waals surface area (Å²) < 4.78 is 0. The van der Waals surface area contributed by atoms with Crippen molar-refractivity contribution in [1.29, 1.82) is 0 Å². The van der Waals surface area contributed by atoms with Crippen LogP contribution in [0.5, 0.6) is 0 Å². The Morgan fingerprint density at radius 3 is 0.792 bits per heavy atom. The Bertz CT molecular complexity index is 744. The molecule has 1 atom stereocenters. The third kappa shape index (κ3) is 20.5. The highest BCUT2D eigenvalue weighted by atomic mass is 16.4. The van der Waals surface area contributed by atoms with Crippen LogP contribution in [0.1, 0.15) is 233 Å². The van der Waals surface area contributed by atoms with Crippen molar-refractivity contribution in [3.05, 3.63) is 0 Å². The first-order valence-corrected chi connectivity index (χ1v) is 20.9. The van der Waals surface area contributed by atoms with Gasteiger partial charge in [0.25, 0.3) is 0 Å². The van der Waals surface area contributed by atoms with Gasteiger partial charge in [-0.15, -0.1) is 0 Å². The van der Waals surface area contributed by atoms with Gasteiger partial charge in [0.1, 0.15) is 0 Å². The number of hydrogen-bond acceptors (Lipinski definition) is 6. The zero-order chi connectivity index (χ0) is 35.8. The van der Waals surface area contributed by atoms with E-state index in [4.69, 9.17) is 0 Å². The summed E-state index contributed by atoms with van der Waals surface area (Å²) in [6.07, 6.45) is 32.0. The summed E-state index contributed by atoms with van der Waals surface area (Å²) in [6, 6.07) is 0. The Kier molecular flexibility index (Phi) is 31.1. The highest BCUT2D eigenvalue weighted by Crippen LogP contribution is 2.32. The minimum absolute atomic E-state index is 0.0764. The number of ketones is 3. The maximum Gasteiger partial charge on any atom is 0.219 e. The first-order valence-electron chi connectivity index (χ1n) is 20.9. The summed E-state index contributed by atoms with van der Waals surface area (Å²) in [5.74, 6) is -2.46. The molecule has 6 heteroatoms. The molecule has 0 bridgehead atoms. The highest BCUT2D eigenvalue weighted by molar-refractivity contribution is 6.16. The Balaban J connectivity index is 5.08. The summed E-state index contributed by atoms with van der Waals surface area (Å²) in [5, 5.41) is 33.6. The molecule has 0 fully saturated rings. The molecule has 0 rings (SSSR count). The molecular weight excluding hydrogens is 600 g/mol. The molecule has 0 aromatic carbocycles. The van der Waals surface area contributed by atoms with E-state index in [1.165, 1.54) is 103 Å². The fourth-order valence-electron chi connectivity index (χ4n) is 6.91. The zero-order valence-electron chi connectivity index (χ0n) is 32.1. The monoisotopic (exact) mass is 681 g/mol. The molecule has 0 radical (unpaired) electrons. The van der Waals surface area contributed by atoms with Gasteiger partial charge in [-0.2, -0.15) is 0 Å². The minimum Gasteiger partial charge on any atom is -0.393 e. The first kappa shape index (κ1) is 46.9. The van der Waals surface area contributed by atoms with Gasteiger partial charge in [-0.1, -0.05) is 194 Å². The number of Topliss-reactive ketones (excluding diaryl/α,β-unsaturated/α-hetero) is 3. The van der Waals surface area contributed by atoms with Gasteiger partial charge in [-0.05, 0) is 19.3 Å². The predicted octanol–water partition coefficient (Wildman–Crippen LogP) is 11.1. The van der Waals surface area contributed by atoms with E-state index >= 15 is 0 Å². The molecule has 0 aromatic rings. The number of unbranched alkanes of at least 4 members (excludes halogenated alkanes) is 27. The van der Waals surface area contributed by atoms with Gasteiger partial charge < -0.3 is 15.3 Å². The minimum atomic E-state index is -2.91. The number of aliphatic hydroxyl groups excluding tert-OH is 1. The lowest BCUT2D eigenvalue weighted by atomic mass is 9.71.